The molecule has 1 N–H and O–H groups in total. The summed E-state index contributed by atoms with van der Waals surface area (Å²) in [7, 11) is 2.87. The van der Waals surface area contributed by atoms with Crippen LogP contribution in [0.1, 0.15) is 11.1 Å². The summed E-state index contributed by atoms with van der Waals surface area (Å²) in [5.41, 5.74) is 0.795. The van der Waals surface area contributed by atoms with Gasteiger partial charge in [0.15, 0.2) is 5.78 Å². The zero-order valence-corrected chi connectivity index (χ0v) is 14.8. The largest absolute Gasteiger partial charge is 0.508 e. The number of aliphatic hydroxyl groups is 1. The number of ketones is 1. The van der Waals surface area contributed by atoms with Gasteiger partial charge in [0.05, 0.1) is 14.2 Å². The lowest BCUT2D eigenvalue weighted by Gasteiger charge is -2.04. The molecule has 0 saturated carbocycles. The monoisotopic (exact) mass is 372 g/mol. The number of aliphatic hydroxyl groups excluding tert-OH is 1. The van der Waals surface area contributed by atoms with Crippen LogP contribution < -0.4 is 9.47 Å². The Kier molecular flexibility index (Phi) is 6.88. The molecular formula is C21H18F2O4. The van der Waals surface area contributed by atoms with Crippen LogP contribution in [0.15, 0.2) is 60.4 Å². The van der Waals surface area contributed by atoms with Gasteiger partial charge in [-0.05, 0) is 60.7 Å². The predicted octanol–water partition coefficient (Wildman–Crippen LogP) is 4.72. The van der Waals surface area contributed by atoms with Gasteiger partial charge < -0.3 is 14.6 Å². The quantitative estimate of drug-likeness (QED) is 0.434. The molecular weight excluding hydrogens is 354 g/mol. The molecule has 140 valence electrons. The number of benzene rings is 2. The molecule has 0 bridgehead atoms. The summed E-state index contributed by atoms with van der Waals surface area (Å²) in [5.74, 6) is -0.941. The molecule has 0 saturated heterocycles. The molecule has 0 aliphatic carbocycles. The molecule has 0 amide bonds. The highest BCUT2D eigenvalue weighted by atomic mass is 19.1. The smallest absolute Gasteiger partial charge is 0.182 e. The molecule has 0 unspecified atom stereocenters. The maximum absolute atomic E-state index is 13.3. The molecule has 0 spiro atoms. The van der Waals surface area contributed by atoms with E-state index in [0.29, 0.717) is 22.6 Å². The topological polar surface area (TPSA) is 55.8 Å². The van der Waals surface area contributed by atoms with Crippen molar-refractivity contribution >= 4 is 17.9 Å². The molecule has 0 radical (unpaired) electrons. The number of allylic oxidation sites excluding steroid dienone is 3. The number of methoxy groups -OCH3 is 2. The summed E-state index contributed by atoms with van der Waals surface area (Å²) in [4.78, 5) is 11.9. The van der Waals surface area contributed by atoms with Crippen LogP contribution in [0, 0.1) is 11.6 Å². The summed E-state index contributed by atoms with van der Waals surface area (Å²) < 4.78 is 36.8. The third kappa shape index (κ3) is 5.81. The van der Waals surface area contributed by atoms with E-state index >= 15 is 0 Å². The predicted molar refractivity (Wildman–Crippen MR) is 99.7 cm³/mol. The molecule has 27 heavy (non-hydrogen) atoms. The fourth-order valence-electron chi connectivity index (χ4n) is 2.26. The molecule has 2 rings (SSSR count). The summed E-state index contributed by atoms with van der Waals surface area (Å²) in [5, 5.41) is 9.86. The van der Waals surface area contributed by atoms with Crippen molar-refractivity contribution in [3.8, 4) is 11.5 Å². The van der Waals surface area contributed by atoms with Gasteiger partial charge in [-0.1, -0.05) is 0 Å². The molecule has 0 heterocycles. The lowest BCUT2D eigenvalue weighted by molar-refractivity contribution is -0.110. The molecule has 0 atom stereocenters. The Morgan fingerprint density at radius 3 is 1.85 bits per heavy atom. The van der Waals surface area contributed by atoms with Crippen LogP contribution in [0.25, 0.3) is 12.2 Å². The fourth-order valence-corrected chi connectivity index (χ4v) is 2.26. The second-order valence-electron chi connectivity index (χ2n) is 5.41. The third-order valence-electron chi connectivity index (χ3n) is 3.53. The Bertz CT molecular complexity index is 914. The SMILES string of the molecule is COc1ccc(F)cc1/C=C/C(=O)/C=C(O)/C=C/c1cc(F)ccc1OC. The Balaban J connectivity index is 2.13. The highest BCUT2D eigenvalue weighted by molar-refractivity contribution is 6.02. The zero-order valence-electron chi connectivity index (χ0n) is 14.8. The van der Waals surface area contributed by atoms with Gasteiger partial charge in [0.1, 0.15) is 28.9 Å². The van der Waals surface area contributed by atoms with E-state index in [0.717, 1.165) is 6.08 Å². The Morgan fingerprint density at radius 1 is 0.889 bits per heavy atom. The van der Waals surface area contributed by atoms with Crippen molar-refractivity contribution in [2.45, 2.75) is 0 Å². The van der Waals surface area contributed by atoms with Gasteiger partial charge in [0.2, 0.25) is 0 Å². The van der Waals surface area contributed by atoms with E-state index in [1.54, 1.807) is 0 Å². The second kappa shape index (κ2) is 9.33. The lowest BCUT2D eigenvalue weighted by Crippen LogP contribution is -1.91. The highest BCUT2D eigenvalue weighted by Crippen LogP contribution is 2.22. The summed E-state index contributed by atoms with van der Waals surface area (Å²) in [6.07, 6.45) is 6.19. The molecule has 0 aliphatic heterocycles. The number of carbonyl (C=O) groups is 1. The molecule has 0 aliphatic rings. The first-order valence-corrected chi connectivity index (χ1v) is 7.91. The number of hydrogen-bond acceptors (Lipinski definition) is 4. The Morgan fingerprint density at radius 2 is 1.37 bits per heavy atom. The van der Waals surface area contributed by atoms with Crippen LogP contribution in [0.4, 0.5) is 8.78 Å². The van der Waals surface area contributed by atoms with Gasteiger partial charge in [-0.25, -0.2) is 8.78 Å². The maximum Gasteiger partial charge on any atom is 0.182 e. The van der Waals surface area contributed by atoms with E-state index < -0.39 is 17.4 Å². The first kappa shape index (κ1) is 19.9. The van der Waals surface area contributed by atoms with Gasteiger partial charge in [-0.2, -0.15) is 0 Å². The Hall–Kier alpha value is -3.41. The maximum atomic E-state index is 13.3. The van der Waals surface area contributed by atoms with Gasteiger partial charge >= 0.3 is 0 Å². The fraction of sp³-hybridized carbons (Fsp3) is 0.0952. The van der Waals surface area contributed by atoms with Gasteiger partial charge in [0, 0.05) is 17.2 Å². The van der Waals surface area contributed by atoms with E-state index in [2.05, 4.69) is 0 Å². The van der Waals surface area contributed by atoms with E-state index in [1.807, 2.05) is 0 Å². The highest BCUT2D eigenvalue weighted by Gasteiger charge is 2.03. The van der Waals surface area contributed by atoms with Crippen LogP contribution in [0.3, 0.4) is 0 Å². The minimum Gasteiger partial charge on any atom is -0.508 e. The minimum absolute atomic E-state index is 0.331. The van der Waals surface area contributed by atoms with Gasteiger partial charge in [-0.15, -0.1) is 0 Å². The van der Waals surface area contributed by atoms with E-state index in [1.165, 1.54) is 74.9 Å². The molecule has 4 nitrogen and oxygen atoms in total. The first-order valence-electron chi connectivity index (χ1n) is 7.91. The minimum atomic E-state index is -0.519. The standard InChI is InChI=1S/C21H18F2O4/c1-26-20-9-5-16(22)11-14(20)3-7-18(24)13-19(25)8-4-15-12-17(23)6-10-21(15)27-2/h3-13,24H,1-2H3/b7-3+,8-4+,18-13-. The Labute approximate surface area is 155 Å². The second-order valence-corrected chi connectivity index (χ2v) is 5.41. The van der Waals surface area contributed by atoms with Crippen molar-refractivity contribution in [2.75, 3.05) is 14.2 Å². The number of ether oxygens (including phenoxy) is 2. The van der Waals surface area contributed by atoms with Crippen LogP contribution in [-0.4, -0.2) is 25.1 Å². The van der Waals surface area contributed by atoms with Crippen LogP contribution in [-0.2, 0) is 4.79 Å². The van der Waals surface area contributed by atoms with Crippen LogP contribution in [0.5, 0.6) is 11.5 Å². The lowest BCUT2D eigenvalue weighted by atomic mass is 10.1. The number of halogens is 2. The average Bonchev–Trinajstić information content (AvgIpc) is 2.65. The summed E-state index contributed by atoms with van der Waals surface area (Å²) in [6.45, 7) is 0. The van der Waals surface area contributed by atoms with Crippen molar-refractivity contribution in [1.82, 2.24) is 0 Å². The molecule has 0 fully saturated rings. The van der Waals surface area contributed by atoms with Crippen LogP contribution >= 0.6 is 0 Å². The van der Waals surface area contributed by atoms with E-state index in [-0.39, 0.29) is 5.76 Å². The zero-order chi connectivity index (χ0) is 19.8. The van der Waals surface area contributed by atoms with Crippen molar-refractivity contribution in [2.24, 2.45) is 0 Å². The number of hydrogen-bond donors (Lipinski definition) is 1. The van der Waals surface area contributed by atoms with E-state index in [9.17, 15) is 18.7 Å². The molecule has 2 aromatic carbocycles. The van der Waals surface area contributed by atoms with Gasteiger partial charge in [0.25, 0.3) is 0 Å². The molecule has 0 aromatic heterocycles. The van der Waals surface area contributed by atoms with Crippen molar-refractivity contribution in [1.29, 1.82) is 0 Å². The van der Waals surface area contributed by atoms with E-state index in [4.69, 9.17) is 9.47 Å². The number of carbonyl (C=O) groups excluding carboxylic acids is 1. The summed E-state index contributed by atoms with van der Waals surface area (Å²) >= 11 is 0. The average molecular weight is 372 g/mol. The van der Waals surface area contributed by atoms with Crippen molar-refractivity contribution in [3.63, 3.8) is 0 Å². The molecule has 2 aromatic rings. The van der Waals surface area contributed by atoms with Crippen molar-refractivity contribution < 1.29 is 28.2 Å². The molecule has 6 heteroatoms. The summed E-state index contributed by atoms with van der Waals surface area (Å²) in [6, 6.07) is 7.86. The normalized spacial score (nSPS) is 11.9. The van der Waals surface area contributed by atoms with Crippen LogP contribution in [0.2, 0.25) is 0 Å². The number of rotatable bonds is 7. The van der Waals surface area contributed by atoms with Gasteiger partial charge in [-0.3, -0.25) is 4.79 Å². The van der Waals surface area contributed by atoms with Crippen molar-refractivity contribution in [3.05, 3.63) is 83.1 Å². The first-order chi connectivity index (χ1) is 12.9. The third-order valence-corrected chi connectivity index (χ3v) is 3.53.